The van der Waals surface area contributed by atoms with Crippen LogP contribution in [0.15, 0.2) is 24.9 Å². The van der Waals surface area contributed by atoms with Crippen molar-refractivity contribution in [2.24, 2.45) is 5.92 Å². The Morgan fingerprint density at radius 3 is 3.11 bits per heavy atom. The number of hydrogen-bond donors (Lipinski definition) is 1. The van der Waals surface area contributed by atoms with E-state index in [-0.39, 0.29) is 11.9 Å². The van der Waals surface area contributed by atoms with Crippen molar-refractivity contribution >= 4 is 11.4 Å². The Bertz CT molecular complexity index is 637. The summed E-state index contributed by atoms with van der Waals surface area (Å²) in [4.78, 5) is 22.8. The standard InChI is InChI=1S/C13H15N5O/c19-13(16-11-6-17-2-1-9(11)5-17)12-7-18-8-14-3-10(18)4-15-12/h3-4,7-9,11H,1-2,5-6H2,(H,16,19). The Kier molecular flexibility index (Phi) is 2.32. The quantitative estimate of drug-likeness (QED) is 0.832. The van der Waals surface area contributed by atoms with Crippen molar-refractivity contribution in [1.82, 2.24) is 24.6 Å². The summed E-state index contributed by atoms with van der Waals surface area (Å²) in [5.74, 6) is 0.523. The second-order valence-corrected chi connectivity index (χ2v) is 5.39. The number of aromatic nitrogens is 3. The van der Waals surface area contributed by atoms with Crippen LogP contribution in [0, 0.1) is 5.92 Å². The van der Waals surface area contributed by atoms with Crippen molar-refractivity contribution in [3.8, 4) is 0 Å². The predicted octanol–water partition coefficient (Wildman–Crippen LogP) is 0.163. The highest BCUT2D eigenvalue weighted by atomic mass is 16.2. The Morgan fingerprint density at radius 1 is 1.37 bits per heavy atom. The maximum absolute atomic E-state index is 12.2. The van der Waals surface area contributed by atoms with Gasteiger partial charge in [-0.1, -0.05) is 0 Å². The number of rotatable bonds is 2. The molecule has 2 aromatic heterocycles. The zero-order chi connectivity index (χ0) is 12.8. The summed E-state index contributed by atoms with van der Waals surface area (Å²) >= 11 is 0. The number of hydrogen-bond acceptors (Lipinski definition) is 4. The molecule has 2 saturated heterocycles. The fourth-order valence-electron chi connectivity index (χ4n) is 3.13. The molecule has 0 radical (unpaired) electrons. The summed E-state index contributed by atoms with van der Waals surface area (Å²) in [5, 5.41) is 3.11. The van der Waals surface area contributed by atoms with E-state index in [1.807, 2.05) is 4.40 Å². The molecule has 3 atom stereocenters. The van der Waals surface area contributed by atoms with Gasteiger partial charge in [-0.3, -0.25) is 4.79 Å². The molecule has 1 amide bonds. The van der Waals surface area contributed by atoms with E-state index in [0.717, 1.165) is 18.6 Å². The first-order valence-electron chi connectivity index (χ1n) is 6.60. The molecule has 1 N–H and O–H groups in total. The van der Waals surface area contributed by atoms with E-state index < -0.39 is 0 Å². The molecule has 2 fully saturated rings. The van der Waals surface area contributed by atoms with Crippen molar-refractivity contribution in [3.05, 3.63) is 30.6 Å². The van der Waals surface area contributed by atoms with Crippen LogP contribution < -0.4 is 5.32 Å². The van der Waals surface area contributed by atoms with Crippen molar-refractivity contribution in [1.29, 1.82) is 0 Å². The molecule has 2 aliphatic rings. The molecular formula is C13H15N5O. The summed E-state index contributed by atoms with van der Waals surface area (Å²) in [6.45, 7) is 3.28. The molecule has 2 aromatic rings. The summed E-state index contributed by atoms with van der Waals surface area (Å²) < 4.78 is 1.81. The van der Waals surface area contributed by atoms with Gasteiger partial charge in [0, 0.05) is 25.3 Å². The highest BCUT2D eigenvalue weighted by Gasteiger charge is 2.38. The van der Waals surface area contributed by atoms with Gasteiger partial charge in [0.25, 0.3) is 5.91 Å². The number of carbonyl (C=O) groups is 1. The molecule has 19 heavy (non-hydrogen) atoms. The van der Waals surface area contributed by atoms with Crippen LogP contribution in [0.4, 0.5) is 0 Å². The van der Waals surface area contributed by atoms with Crippen LogP contribution in [0.5, 0.6) is 0 Å². The molecule has 0 aromatic carbocycles. The van der Waals surface area contributed by atoms with Crippen LogP contribution in [0.3, 0.4) is 0 Å². The van der Waals surface area contributed by atoms with E-state index in [1.54, 1.807) is 24.9 Å². The van der Waals surface area contributed by atoms with Gasteiger partial charge in [0.1, 0.15) is 5.69 Å². The average Bonchev–Trinajstić information content (AvgIpc) is 3.13. The van der Waals surface area contributed by atoms with Crippen LogP contribution in [-0.2, 0) is 0 Å². The molecule has 0 saturated carbocycles. The molecule has 0 aliphatic carbocycles. The largest absolute Gasteiger partial charge is 0.346 e. The molecule has 98 valence electrons. The van der Waals surface area contributed by atoms with Gasteiger partial charge in [-0.25, -0.2) is 9.97 Å². The zero-order valence-electron chi connectivity index (χ0n) is 10.5. The first-order chi connectivity index (χ1) is 9.29. The Hall–Kier alpha value is -1.95. The predicted molar refractivity (Wildman–Crippen MR) is 68.8 cm³/mol. The lowest BCUT2D eigenvalue weighted by Crippen LogP contribution is -2.43. The second-order valence-electron chi connectivity index (χ2n) is 5.39. The second kappa shape index (κ2) is 4.03. The highest BCUT2D eigenvalue weighted by molar-refractivity contribution is 5.92. The molecule has 4 heterocycles. The minimum Gasteiger partial charge on any atom is -0.346 e. The highest BCUT2D eigenvalue weighted by Crippen LogP contribution is 2.27. The average molecular weight is 257 g/mol. The Morgan fingerprint density at radius 2 is 2.32 bits per heavy atom. The van der Waals surface area contributed by atoms with Crippen molar-refractivity contribution in [2.45, 2.75) is 12.5 Å². The summed E-state index contributed by atoms with van der Waals surface area (Å²) in [5.41, 5.74) is 1.34. The van der Waals surface area contributed by atoms with Gasteiger partial charge in [0.2, 0.25) is 0 Å². The molecule has 4 rings (SSSR count). The number of imidazole rings is 1. The summed E-state index contributed by atoms with van der Waals surface area (Å²) in [6, 6.07) is 0.279. The van der Waals surface area contributed by atoms with Crippen LogP contribution in [0.2, 0.25) is 0 Å². The third-order valence-corrected chi connectivity index (χ3v) is 4.18. The fraction of sp³-hybridized carbons (Fsp3) is 0.462. The lowest BCUT2D eigenvalue weighted by Gasteiger charge is -2.22. The number of carbonyl (C=O) groups excluding carboxylic acids is 1. The molecule has 6 heteroatoms. The Labute approximate surface area is 110 Å². The first-order valence-corrected chi connectivity index (χ1v) is 6.60. The summed E-state index contributed by atoms with van der Waals surface area (Å²) in [7, 11) is 0. The molecule has 2 bridgehead atoms. The van der Waals surface area contributed by atoms with Crippen molar-refractivity contribution in [2.75, 3.05) is 19.6 Å². The molecular weight excluding hydrogens is 242 g/mol. The van der Waals surface area contributed by atoms with Gasteiger partial charge < -0.3 is 14.6 Å². The molecule has 0 spiro atoms. The van der Waals surface area contributed by atoms with Gasteiger partial charge in [-0.15, -0.1) is 0 Å². The maximum Gasteiger partial charge on any atom is 0.271 e. The topological polar surface area (TPSA) is 62.5 Å². The van der Waals surface area contributed by atoms with E-state index in [0.29, 0.717) is 11.6 Å². The van der Waals surface area contributed by atoms with Crippen LogP contribution in [-0.4, -0.2) is 50.9 Å². The van der Waals surface area contributed by atoms with E-state index in [4.69, 9.17) is 0 Å². The lowest BCUT2D eigenvalue weighted by molar-refractivity contribution is 0.0919. The van der Waals surface area contributed by atoms with Gasteiger partial charge >= 0.3 is 0 Å². The van der Waals surface area contributed by atoms with Crippen LogP contribution >= 0.6 is 0 Å². The number of nitrogens with one attached hydrogen (secondary N) is 1. The zero-order valence-corrected chi connectivity index (χ0v) is 10.5. The van der Waals surface area contributed by atoms with E-state index in [2.05, 4.69) is 20.2 Å². The normalized spacial score (nSPS) is 28.9. The molecule has 6 nitrogen and oxygen atoms in total. The summed E-state index contributed by atoms with van der Waals surface area (Å²) in [6.07, 6.45) is 7.99. The van der Waals surface area contributed by atoms with E-state index in [9.17, 15) is 4.79 Å². The SMILES string of the molecule is O=C(NC1CN2CCC1C2)c1cn2cncc2cn1. The number of nitrogens with zero attached hydrogens (tertiary/aromatic N) is 4. The number of piperidine rings is 1. The van der Waals surface area contributed by atoms with Crippen molar-refractivity contribution < 1.29 is 4.79 Å². The number of amides is 1. The van der Waals surface area contributed by atoms with E-state index in [1.165, 1.54) is 13.0 Å². The number of fused-ring (bicyclic) bond motifs is 3. The van der Waals surface area contributed by atoms with E-state index >= 15 is 0 Å². The Balaban J connectivity index is 1.53. The van der Waals surface area contributed by atoms with Gasteiger partial charge in [-0.2, -0.15) is 0 Å². The maximum atomic E-state index is 12.2. The third kappa shape index (κ3) is 1.79. The fourth-order valence-corrected chi connectivity index (χ4v) is 3.13. The smallest absolute Gasteiger partial charge is 0.271 e. The molecule has 3 unspecified atom stereocenters. The van der Waals surface area contributed by atoms with Crippen LogP contribution in [0.1, 0.15) is 16.9 Å². The lowest BCUT2D eigenvalue weighted by atomic mass is 10.00. The minimum atomic E-state index is -0.0886. The van der Waals surface area contributed by atoms with Gasteiger partial charge in [0.05, 0.1) is 24.2 Å². The first kappa shape index (κ1) is 10.9. The van der Waals surface area contributed by atoms with Crippen molar-refractivity contribution in [3.63, 3.8) is 0 Å². The molecule has 2 aliphatic heterocycles. The minimum absolute atomic E-state index is 0.0886. The van der Waals surface area contributed by atoms with Gasteiger partial charge in [-0.05, 0) is 18.9 Å². The van der Waals surface area contributed by atoms with Gasteiger partial charge in [0.15, 0.2) is 0 Å². The van der Waals surface area contributed by atoms with Crippen LogP contribution in [0.25, 0.3) is 5.52 Å². The third-order valence-electron chi connectivity index (χ3n) is 4.18. The monoisotopic (exact) mass is 257 g/mol.